The minimum Gasteiger partial charge on any atom is -0.480 e. The number of benzene rings is 1. The van der Waals surface area contributed by atoms with Gasteiger partial charge < -0.3 is 5.11 Å². The molecule has 3 rings (SSSR count). The fraction of sp³-hybridized carbons (Fsp3) is 0.462. The summed E-state index contributed by atoms with van der Waals surface area (Å²) < 4.78 is 0. The summed E-state index contributed by atoms with van der Waals surface area (Å²) in [5, 5.41) is 9.55. The van der Waals surface area contributed by atoms with Crippen molar-refractivity contribution in [3.8, 4) is 0 Å². The van der Waals surface area contributed by atoms with Crippen LogP contribution in [0.5, 0.6) is 0 Å². The van der Waals surface area contributed by atoms with E-state index in [4.69, 9.17) is 0 Å². The van der Waals surface area contributed by atoms with Gasteiger partial charge in [0.1, 0.15) is 5.54 Å². The first kappa shape index (κ1) is 11.1. The first-order chi connectivity index (χ1) is 8.22. The highest BCUT2D eigenvalue weighted by Gasteiger charge is 2.48. The van der Waals surface area contributed by atoms with E-state index >= 15 is 0 Å². The van der Waals surface area contributed by atoms with Crippen LogP contribution in [0.15, 0.2) is 24.3 Å². The molecule has 1 aromatic carbocycles. The molecule has 0 amide bonds. The van der Waals surface area contributed by atoms with Gasteiger partial charge in [0.05, 0.1) is 0 Å². The van der Waals surface area contributed by atoms with Crippen molar-refractivity contribution in [2.24, 2.45) is 0 Å². The largest absolute Gasteiger partial charge is 0.480 e. The van der Waals surface area contributed by atoms with Gasteiger partial charge in [-0.3, -0.25) is 9.69 Å². The van der Waals surface area contributed by atoms with Gasteiger partial charge in [0.25, 0.3) is 0 Å². The second kappa shape index (κ2) is 4.03. The molecular weight excluding hydrogens is 234 g/mol. The summed E-state index contributed by atoms with van der Waals surface area (Å²) in [5.74, 6) is 1.02. The predicted octanol–water partition coefficient (Wildman–Crippen LogP) is 1.96. The Bertz CT molecular complexity index is 429. The second-order valence-corrected chi connectivity index (χ2v) is 5.87. The maximum absolute atomic E-state index is 11.6. The monoisotopic (exact) mass is 249 g/mol. The molecule has 17 heavy (non-hydrogen) atoms. The van der Waals surface area contributed by atoms with E-state index in [1.165, 1.54) is 11.1 Å². The zero-order valence-corrected chi connectivity index (χ0v) is 10.4. The van der Waals surface area contributed by atoms with E-state index in [9.17, 15) is 9.90 Å². The highest BCUT2D eigenvalue weighted by molar-refractivity contribution is 7.99. The van der Waals surface area contributed by atoms with Crippen LogP contribution in [0, 0.1) is 0 Å². The molecule has 1 fully saturated rings. The van der Waals surface area contributed by atoms with Crippen molar-refractivity contribution in [1.29, 1.82) is 0 Å². The van der Waals surface area contributed by atoms with Crippen LogP contribution in [0.25, 0.3) is 0 Å². The average Bonchev–Trinajstić information content (AvgIpc) is 2.96. The van der Waals surface area contributed by atoms with Gasteiger partial charge >= 0.3 is 5.97 Å². The molecule has 0 saturated carbocycles. The molecule has 0 aromatic heterocycles. The fourth-order valence-corrected chi connectivity index (χ4v) is 4.16. The molecular formula is C13H15NO2S. The van der Waals surface area contributed by atoms with Crippen LogP contribution in [0.2, 0.25) is 0 Å². The number of hydrogen-bond donors (Lipinski definition) is 1. The first-order valence-electron chi connectivity index (χ1n) is 5.85. The minimum atomic E-state index is -0.657. The van der Waals surface area contributed by atoms with Gasteiger partial charge in [-0.25, -0.2) is 0 Å². The molecule has 2 heterocycles. The lowest BCUT2D eigenvalue weighted by atomic mass is 9.97. The number of carboxylic acid groups (broad SMARTS) is 1. The maximum atomic E-state index is 11.6. The number of fused-ring (bicyclic) bond motifs is 1. The predicted molar refractivity (Wildman–Crippen MR) is 68.0 cm³/mol. The quantitative estimate of drug-likeness (QED) is 0.870. The molecule has 4 heteroatoms. The van der Waals surface area contributed by atoms with Crippen molar-refractivity contribution in [2.75, 3.05) is 11.5 Å². The summed E-state index contributed by atoms with van der Waals surface area (Å²) in [5.41, 5.74) is 1.93. The Labute approximate surface area is 105 Å². The molecule has 0 radical (unpaired) electrons. The number of aliphatic carboxylic acids is 1. The Kier molecular flexibility index (Phi) is 2.64. The van der Waals surface area contributed by atoms with E-state index in [0.717, 1.165) is 31.0 Å². The summed E-state index contributed by atoms with van der Waals surface area (Å²) in [6, 6.07) is 8.26. The van der Waals surface area contributed by atoms with E-state index in [1.807, 2.05) is 12.1 Å². The number of carbonyl (C=O) groups is 1. The van der Waals surface area contributed by atoms with Gasteiger partial charge in [0.2, 0.25) is 0 Å². The van der Waals surface area contributed by atoms with Crippen LogP contribution in [0.4, 0.5) is 0 Å². The highest BCUT2D eigenvalue weighted by Crippen LogP contribution is 2.38. The molecule has 90 valence electrons. The number of thioether (sulfide) groups is 1. The van der Waals surface area contributed by atoms with E-state index in [1.54, 1.807) is 11.8 Å². The first-order valence-corrected chi connectivity index (χ1v) is 7.01. The van der Waals surface area contributed by atoms with E-state index < -0.39 is 11.5 Å². The van der Waals surface area contributed by atoms with Gasteiger partial charge in [-0.2, -0.15) is 11.8 Å². The van der Waals surface area contributed by atoms with Crippen LogP contribution >= 0.6 is 11.8 Å². The second-order valence-electron chi connectivity index (χ2n) is 4.76. The van der Waals surface area contributed by atoms with Crippen molar-refractivity contribution >= 4 is 17.7 Å². The Hall–Kier alpha value is -1.00. The maximum Gasteiger partial charge on any atom is 0.325 e. The van der Waals surface area contributed by atoms with Crippen molar-refractivity contribution in [1.82, 2.24) is 4.90 Å². The molecule has 0 spiro atoms. The fourth-order valence-electron chi connectivity index (χ4n) is 2.74. The summed E-state index contributed by atoms with van der Waals surface area (Å²) in [4.78, 5) is 13.7. The molecule has 1 aromatic rings. The van der Waals surface area contributed by atoms with Gasteiger partial charge in [-0.1, -0.05) is 24.3 Å². The van der Waals surface area contributed by atoms with E-state index in [2.05, 4.69) is 17.0 Å². The molecule has 0 bridgehead atoms. The number of nitrogens with zero attached hydrogens (tertiary/aromatic N) is 1. The topological polar surface area (TPSA) is 40.5 Å². The third-order valence-electron chi connectivity index (χ3n) is 3.85. The lowest BCUT2D eigenvalue weighted by Gasteiger charge is -2.33. The zero-order chi connectivity index (χ0) is 11.9. The van der Waals surface area contributed by atoms with Crippen LogP contribution in [-0.4, -0.2) is 33.0 Å². The molecule has 1 saturated heterocycles. The molecule has 1 unspecified atom stereocenters. The molecule has 0 aliphatic carbocycles. The summed E-state index contributed by atoms with van der Waals surface area (Å²) >= 11 is 1.75. The summed E-state index contributed by atoms with van der Waals surface area (Å²) in [7, 11) is 0. The molecule has 2 aliphatic rings. The lowest BCUT2D eigenvalue weighted by molar-refractivity contribution is -0.150. The molecule has 1 N–H and O–H groups in total. The smallest absolute Gasteiger partial charge is 0.325 e. The standard InChI is InChI=1S/C13H15NO2S/c15-12(16)13(5-6-17-9-13)14-7-10-3-1-2-4-11(10)8-14/h1-4H,5-9H2,(H,15,16). The Balaban J connectivity index is 1.90. The number of rotatable bonds is 2. The SMILES string of the molecule is O=C(O)C1(N2Cc3ccccc3C2)CCSC1. The van der Waals surface area contributed by atoms with Crippen molar-refractivity contribution in [3.05, 3.63) is 35.4 Å². The van der Waals surface area contributed by atoms with Crippen LogP contribution in [0.3, 0.4) is 0 Å². The van der Waals surface area contributed by atoms with Crippen molar-refractivity contribution < 1.29 is 9.90 Å². The normalized spacial score (nSPS) is 28.2. The lowest BCUT2D eigenvalue weighted by Crippen LogP contribution is -2.52. The third kappa shape index (κ3) is 1.67. The summed E-state index contributed by atoms with van der Waals surface area (Å²) in [6.45, 7) is 1.56. The molecule has 3 nitrogen and oxygen atoms in total. The van der Waals surface area contributed by atoms with Gasteiger partial charge in [0, 0.05) is 18.8 Å². The minimum absolute atomic E-state index is 0.635. The highest BCUT2D eigenvalue weighted by atomic mass is 32.2. The van der Waals surface area contributed by atoms with Crippen molar-refractivity contribution in [2.45, 2.75) is 25.0 Å². The van der Waals surface area contributed by atoms with E-state index in [-0.39, 0.29) is 0 Å². The zero-order valence-electron chi connectivity index (χ0n) is 9.56. The van der Waals surface area contributed by atoms with Crippen LogP contribution in [-0.2, 0) is 17.9 Å². The molecule has 1 atom stereocenters. The number of carboxylic acids is 1. The summed E-state index contributed by atoms with van der Waals surface area (Å²) in [6.07, 6.45) is 0.765. The average molecular weight is 249 g/mol. The van der Waals surface area contributed by atoms with Gasteiger partial charge in [-0.15, -0.1) is 0 Å². The third-order valence-corrected chi connectivity index (χ3v) is 5.02. The van der Waals surface area contributed by atoms with Gasteiger partial charge in [-0.05, 0) is 23.3 Å². The van der Waals surface area contributed by atoms with Crippen LogP contribution in [0.1, 0.15) is 17.5 Å². The van der Waals surface area contributed by atoms with E-state index in [0.29, 0.717) is 0 Å². The Morgan fingerprint density at radius 2 is 1.94 bits per heavy atom. The Morgan fingerprint density at radius 1 is 1.29 bits per heavy atom. The van der Waals surface area contributed by atoms with Crippen LogP contribution < -0.4 is 0 Å². The Morgan fingerprint density at radius 3 is 2.41 bits per heavy atom. The van der Waals surface area contributed by atoms with Crippen molar-refractivity contribution in [3.63, 3.8) is 0 Å². The number of hydrogen-bond acceptors (Lipinski definition) is 3. The molecule has 2 aliphatic heterocycles. The van der Waals surface area contributed by atoms with Gasteiger partial charge in [0.15, 0.2) is 0 Å².